The van der Waals surface area contributed by atoms with E-state index in [1.54, 1.807) is 12.4 Å². The van der Waals surface area contributed by atoms with Gasteiger partial charge in [-0.2, -0.15) is 5.10 Å². The number of hydrogen-bond donors (Lipinski definition) is 1. The van der Waals surface area contributed by atoms with E-state index in [9.17, 15) is 0 Å². The zero-order valence-corrected chi connectivity index (χ0v) is 8.30. The van der Waals surface area contributed by atoms with Gasteiger partial charge in [-0.15, -0.1) is 0 Å². The Morgan fingerprint density at radius 3 is 2.87 bits per heavy atom. The van der Waals surface area contributed by atoms with Crippen LogP contribution in [0.5, 0.6) is 0 Å². The minimum absolute atomic E-state index is 0.146. The molecule has 1 aliphatic rings. The number of aromatic nitrogens is 3. The van der Waals surface area contributed by atoms with Gasteiger partial charge in [-0.1, -0.05) is 0 Å². The van der Waals surface area contributed by atoms with E-state index in [0.29, 0.717) is 0 Å². The van der Waals surface area contributed by atoms with Crippen molar-refractivity contribution >= 4 is 0 Å². The van der Waals surface area contributed by atoms with Crippen LogP contribution in [0.25, 0.3) is 11.3 Å². The molecule has 0 aromatic carbocycles. The minimum Gasteiger partial charge on any atom is -0.323 e. The van der Waals surface area contributed by atoms with Gasteiger partial charge in [-0.3, -0.25) is 9.67 Å². The number of rotatable bonds is 1. The highest BCUT2D eigenvalue weighted by Gasteiger charge is 2.21. The molecule has 3 heterocycles. The van der Waals surface area contributed by atoms with Crippen LogP contribution in [0.4, 0.5) is 0 Å². The second kappa shape index (κ2) is 3.17. The average molecular weight is 200 g/mol. The van der Waals surface area contributed by atoms with Gasteiger partial charge in [0.25, 0.3) is 0 Å². The molecule has 1 aliphatic heterocycles. The molecular formula is C11H12N4. The van der Waals surface area contributed by atoms with Gasteiger partial charge in [-0.25, -0.2) is 0 Å². The monoisotopic (exact) mass is 200 g/mol. The first-order chi connectivity index (χ1) is 7.34. The molecular weight excluding hydrogens is 188 g/mol. The highest BCUT2D eigenvalue weighted by Crippen LogP contribution is 2.27. The first kappa shape index (κ1) is 8.61. The predicted octanol–water partition coefficient (Wildman–Crippen LogP) is 1.35. The molecule has 15 heavy (non-hydrogen) atoms. The van der Waals surface area contributed by atoms with Crippen molar-refractivity contribution in [3.63, 3.8) is 0 Å². The van der Waals surface area contributed by atoms with E-state index >= 15 is 0 Å². The fourth-order valence-electron chi connectivity index (χ4n) is 1.98. The molecule has 1 atom stereocenters. The third-order valence-corrected chi connectivity index (χ3v) is 2.82. The topological polar surface area (TPSA) is 56.7 Å². The quantitative estimate of drug-likeness (QED) is 0.756. The van der Waals surface area contributed by atoms with Crippen molar-refractivity contribution in [1.82, 2.24) is 14.8 Å². The maximum absolute atomic E-state index is 5.96. The first-order valence-electron chi connectivity index (χ1n) is 5.08. The second-order valence-corrected chi connectivity index (χ2v) is 3.81. The molecule has 0 fully saturated rings. The van der Waals surface area contributed by atoms with Crippen LogP contribution in [0.15, 0.2) is 30.6 Å². The summed E-state index contributed by atoms with van der Waals surface area (Å²) < 4.78 is 2.00. The minimum atomic E-state index is 0.146. The molecule has 3 rings (SSSR count). The largest absolute Gasteiger partial charge is 0.323 e. The van der Waals surface area contributed by atoms with Crippen LogP contribution in [0.1, 0.15) is 18.2 Å². The summed E-state index contributed by atoms with van der Waals surface area (Å²) in [6.45, 7) is 0.932. The van der Waals surface area contributed by atoms with E-state index in [1.165, 1.54) is 0 Å². The summed E-state index contributed by atoms with van der Waals surface area (Å²) in [6.07, 6.45) is 4.55. The molecule has 0 bridgehead atoms. The van der Waals surface area contributed by atoms with Crippen LogP contribution in [-0.2, 0) is 6.54 Å². The highest BCUT2D eigenvalue weighted by molar-refractivity contribution is 5.58. The molecule has 0 unspecified atom stereocenters. The van der Waals surface area contributed by atoms with Crippen LogP contribution in [0.2, 0.25) is 0 Å². The molecule has 2 N–H and O–H groups in total. The molecule has 0 aliphatic carbocycles. The second-order valence-electron chi connectivity index (χ2n) is 3.81. The summed E-state index contributed by atoms with van der Waals surface area (Å²) in [5.74, 6) is 0. The van der Waals surface area contributed by atoms with E-state index in [0.717, 1.165) is 29.9 Å². The van der Waals surface area contributed by atoms with Gasteiger partial charge in [0, 0.05) is 30.5 Å². The maximum Gasteiger partial charge on any atom is 0.0927 e. The third-order valence-electron chi connectivity index (χ3n) is 2.82. The molecule has 2 aromatic heterocycles. The van der Waals surface area contributed by atoms with Crippen molar-refractivity contribution in [2.24, 2.45) is 5.73 Å². The van der Waals surface area contributed by atoms with Gasteiger partial charge >= 0.3 is 0 Å². The van der Waals surface area contributed by atoms with Gasteiger partial charge in [0.2, 0.25) is 0 Å². The van der Waals surface area contributed by atoms with E-state index in [-0.39, 0.29) is 6.04 Å². The third kappa shape index (κ3) is 1.34. The Bertz CT molecular complexity index is 475. The fraction of sp³-hybridized carbons (Fsp3) is 0.273. The van der Waals surface area contributed by atoms with Gasteiger partial charge in [-0.05, 0) is 24.6 Å². The lowest BCUT2D eigenvalue weighted by atomic mass is 10.1. The molecule has 0 saturated carbocycles. The lowest BCUT2D eigenvalue weighted by molar-refractivity contribution is 0.639. The van der Waals surface area contributed by atoms with Crippen molar-refractivity contribution in [3.05, 3.63) is 36.3 Å². The Morgan fingerprint density at radius 2 is 2.13 bits per heavy atom. The Balaban J connectivity index is 2.05. The molecule has 4 nitrogen and oxygen atoms in total. The van der Waals surface area contributed by atoms with Crippen molar-refractivity contribution in [3.8, 4) is 11.3 Å². The Morgan fingerprint density at radius 1 is 1.33 bits per heavy atom. The van der Waals surface area contributed by atoms with Crippen LogP contribution < -0.4 is 5.73 Å². The number of aryl methyl sites for hydroxylation is 1. The smallest absolute Gasteiger partial charge is 0.0927 e. The Kier molecular flexibility index (Phi) is 1.82. The number of fused-ring (bicyclic) bond motifs is 1. The summed E-state index contributed by atoms with van der Waals surface area (Å²) in [4.78, 5) is 3.99. The number of nitrogens with two attached hydrogens (primary N) is 1. The van der Waals surface area contributed by atoms with Crippen molar-refractivity contribution in [2.75, 3.05) is 0 Å². The molecule has 0 saturated heterocycles. The molecule has 2 aromatic rings. The van der Waals surface area contributed by atoms with E-state index < -0.39 is 0 Å². The van der Waals surface area contributed by atoms with Crippen molar-refractivity contribution in [1.29, 1.82) is 0 Å². The van der Waals surface area contributed by atoms with Crippen molar-refractivity contribution < 1.29 is 0 Å². The average Bonchev–Trinajstić information content (AvgIpc) is 2.83. The van der Waals surface area contributed by atoms with E-state index in [2.05, 4.69) is 16.1 Å². The van der Waals surface area contributed by atoms with Gasteiger partial charge in [0.1, 0.15) is 0 Å². The Hall–Kier alpha value is -1.68. The zero-order chi connectivity index (χ0) is 10.3. The molecule has 76 valence electrons. The lowest BCUT2D eigenvalue weighted by Crippen LogP contribution is -2.04. The number of pyridine rings is 1. The predicted molar refractivity (Wildman–Crippen MR) is 57.0 cm³/mol. The maximum atomic E-state index is 5.96. The Labute approximate surface area is 87.7 Å². The van der Waals surface area contributed by atoms with Crippen LogP contribution in [-0.4, -0.2) is 14.8 Å². The molecule has 0 amide bonds. The number of nitrogens with zero attached hydrogens (tertiary/aromatic N) is 3. The summed E-state index contributed by atoms with van der Waals surface area (Å²) in [5.41, 5.74) is 9.19. The zero-order valence-electron chi connectivity index (χ0n) is 8.30. The van der Waals surface area contributed by atoms with E-state index in [1.807, 2.05) is 16.8 Å². The lowest BCUT2D eigenvalue weighted by Gasteiger charge is -1.97. The normalized spacial score (nSPS) is 19.1. The van der Waals surface area contributed by atoms with Crippen LogP contribution in [0, 0.1) is 0 Å². The molecule has 0 spiro atoms. The molecule has 0 radical (unpaired) electrons. The summed E-state index contributed by atoms with van der Waals surface area (Å²) >= 11 is 0. The van der Waals surface area contributed by atoms with Crippen LogP contribution in [0.3, 0.4) is 0 Å². The fourth-order valence-corrected chi connectivity index (χ4v) is 1.98. The van der Waals surface area contributed by atoms with Gasteiger partial charge in [0.15, 0.2) is 0 Å². The SMILES string of the molecule is N[C@H]1CCn2nc(-c3ccncc3)cc21. The summed E-state index contributed by atoms with van der Waals surface area (Å²) in [6, 6.07) is 6.15. The van der Waals surface area contributed by atoms with Gasteiger partial charge < -0.3 is 5.73 Å². The van der Waals surface area contributed by atoms with Crippen LogP contribution >= 0.6 is 0 Å². The first-order valence-corrected chi connectivity index (χ1v) is 5.08. The molecule has 4 heteroatoms. The summed E-state index contributed by atoms with van der Waals surface area (Å²) in [7, 11) is 0. The van der Waals surface area contributed by atoms with E-state index in [4.69, 9.17) is 5.73 Å². The summed E-state index contributed by atoms with van der Waals surface area (Å²) in [5, 5.41) is 4.52. The standard InChI is InChI=1S/C11H12N4/c12-9-3-6-15-11(9)7-10(14-15)8-1-4-13-5-2-8/h1-2,4-5,7,9H,3,6,12H2/t9-/m0/s1. The number of hydrogen-bond acceptors (Lipinski definition) is 3. The highest BCUT2D eigenvalue weighted by atomic mass is 15.3. The van der Waals surface area contributed by atoms with Gasteiger partial charge in [0.05, 0.1) is 11.4 Å². The van der Waals surface area contributed by atoms with Crippen molar-refractivity contribution in [2.45, 2.75) is 19.0 Å².